The van der Waals surface area contributed by atoms with E-state index in [1.54, 1.807) is 0 Å². The van der Waals surface area contributed by atoms with Gasteiger partial charge in [-0.15, -0.1) is 44.3 Å². The Balaban J connectivity index is 7.71. The summed E-state index contributed by atoms with van der Waals surface area (Å²) in [7, 11) is -7.20. The molecule has 0 amide bonds. The van der Waals surface area contributed by atoms with Crippen LogP contribution in [0.15, 0.2) is 0 Å². The fourth-order valence-electron chi connectivity index (χ4n) is 10.5. The van der Waals surface area contributed by atoms with E-state index < -0.39 is 46.3 Å². The standard InChI is InChI=1S/C38H88Cl4N2SSi6/c1-17-33-35(43(46(21-5,22-6)23-7)47(24-8,25-9)26-10)50(39,40)37(19-3)45-38(20-4)51(41,42)36(34-18-2)44(48(27-11,28-12)29-13)49(30-14,31-15)32-16/h35-38H,17-34H2,1-16H3. The van der Waals surface area contributed by atoms with Crippen molar-refractivity contribution in [2.45, 2.75) is 243 Å². The van der Waals surface area contributed by atoms with Gasteiger partial charge in [0.05, 0.1) is 0 Å². The quantitative estimate of drug-likeness (QED) is 0.0524. The maximum absolute atomic E-state index is 8.25. The highest BCUT2D eigenvalue weighted by atomic mass is 35.7. The molecule has 0 aromatic rings. The summed E-state index contributed by atoms with van der Waals surface area (Å²) in [5.41, 5.74) is 0.591. The molecule has 2 nitrogen and oxygen atoms in total. The van der Waals surface area contributed by atoms with Gasteiger partial charge in [-0.05, 0) is 98.2 Å². The van der Waals surface area contributed by atoms with Crippen LogP contribution in [0.1, 0.15) is 149 Å². The molecule has 51 heavy (non-hydrogen) atoms. The molecule has 0 aliphatic rings. The summed E-state index contributed by atoms with van der Waals surface area (Å²) < 4.78 is 6.50. The highest BCUT2D eigenvalue weighted by Crippen LogP contribution is 2.51. The molecule has 4 unspecified atom stereocenters. The maximum atomic E-state index is 8.25. The summed E-state index contributed by atoms with van der Waals surface area (Å²) in [4.78, 5) is 0.408. The number of rotatable bonds is 30. The Morgan fingerprint density at radius 1 is 0.373 bits per heavy atom. The maximum Gasteiger partial charge on any atom is 0.278 e. The molecular weight excluding hydrogens is 827 g/mol. The lowest BCUT2D eigenvalue weighted by atomic mass is 10.3. The lowest BCUT2D eigenvalue weighted by molar-refractivity contribution is 0.485. The molecule has 0 saturated carbocycles. The van der Waals surface area contributed by atoms with Gasteiger partial charge in [0.25, 0.3) is 13.4 Å². The lowest BCUT2D eigenvalue weighted by Crippen LogP contribution is -2.75. The summed E-state index contributed by atoms with van der Waals surface area (Å²) in [5, 5.41) is 0. The predicted octanol–water partition coefficient (Wildman–Crippen LogP) is 16.2. The Morgan fingerprint density at radius 3 is 0.706 bits per heavy atom. The van der Waals surface area contributed by atoms with Gasteiger partial charge in [0, 0.05) is 21.1 Å². The van der Waals surface area contributed by atoms with Gasteiger partial charge < -0.3 is 8.46 Å². The van der Waals surface area contributed by atoms with Crippen molar-refractivity contribution >= 4 is 102 Å². The van der Waals surface area contributed by atoms with Gasteiger partial charge in [0.2, 0.25) is 0 Å². The molecule has 0 rings (SSSR count). The van der Waals surface area contributed by atoms with Crippen LogP contribution in [-0.2, 0) is 0 Å². The molecule has 0 bridgehead atoms. The number of nitrogens with zero attached hydrogens (tertiary/aromatic N) is 2. The zero-order chi connectivity index (χ0) is 39.9. The third-order valence-corrected chi connectivity index (χ3v) is 59.9. The Morgan fingerprint density at radius 2 is 0.569 bits per heavy atom. The molecule has 0 aliphatic carbocycles. The van der Waals surface area contributed by atoms with Gasteiger partial charge in [0.1, 0.15) is 32.9 Å². The van der Waals surface area contributed by atoms with Crippen LogP contribution in [0.3, 0.4) is 0 Å². The third-order valence-electron chi connectivity index (χ3n) is 14.5. The van der Waals surface area contributed by atoms with Crippen LogP contribution in [0.2, 0.25) is 72.5 Å². The minimum atomic E-state index is -2.90. The van der Waals surface area contributed by atoms with Gasteiger partial charge in [0.15, 0.2) is 0 Å². The van der Waals surface area contributed by atoms with Crippen molar-refractivity contribution in [1.82, 2.24) is 8.46 Å². The van der Waals surface area contributed by atoms with Crippen LogP contribution in [0, 0.1) is 0 Å². The second-order valence-electron chi connectivity index (χ2n) is 15.8. The SMILES string of the molecule is CCCC(N([Si](CC)(CC)CC)[Si](CC)(CC)CC)[Si](Cl)(Cl)C(CC)SC(CC)[Si](Cl)(Cl)C(CCC)N([Si](CC)(CC)CC)[Si](CC)(CC)CC. The van der Waals surface area contributed by atoms with E-state index in [0.29, 0.717) is 11.3 Å². The monoisotopic (exact) mass is 912 g/mol. The number of halogens is 4. The van der Waals surface area contributed by atoms with Crippen LogP contribution in [-0.4, -0.2) is 75.9 Å². The van der Waals surface area contributed by atoms with E-state index in [-0.39, 0.29) is 9.75 Å². The molecule has 0 saturated heterocycles. The first-order valence-corrected chi connectivity index (χ1v) is 41.6. The first-order valence-electron chi connectivity index (χ1n) is 22.0. The zero-order valence-electron chi connectivity index (χ0n) is 36.9. The van der Waals surface area contributed by atoms with E-state index in [1.165, 1.54) is 72.5 Å². The van der Waals surface area contributed by atoms with Crippen molar-refractivity contribution in [1.29, 1.82) is 0 Å². The minimum absolute atomic E-state index is 0.204. The third kappa shape index (κ3) is 11.5. The molecule has 0 spiro atoms. The fraction of sp³-hybridized carbons (Fsp3) is 1.00. The van der Waals surface area contributed by atoms with Crippen molar-refractivity contribution in [3.05, 3.63) is 0 Å². The minimum Gasteiger partial charge on any atom is -0.342 e. The van der Waals surface area contributed by atoms with Gasteiger partial charge in [-0.2, -0.15) is 11.8 Å². The van der Waals surface area contributed by atoms with E-state index in [1.807, 2.05) is 0 Å². The summed E-state index contributed by atoms with van der Waals surface area (Å²) >= 11 is 35.1. The van der Waals surface area contributed by atoms with Crippen LogP contribution in [0.25, 0.3) is 0 Å². The zero-order valence-corrected chi connectivity index (χ0v) is 46.7. The summed E-state index contributed by atoms with van der Waals surface area (Å²) in [6.45, 7) is 33.4. The molecule has 4 atom stereocenters. The molecule has 308 valence electrons. The van der Waals surface area contributed by atoms with E-state index in [2.05, 4.69) is 131 Å². The molecule has 13 heteroatoms. The molecule has 0 aromatic heterocycles. The smallest absolute Gasteiger partial charge is 0.278 e. The highest BCUT2D eigenvalue weighted by Gasteiger charge is 2.61. The van der Waals surface area contributed by atoms with Crippen molar-refractivity contribution in [3.63, 3.8) is 0 Å². The van der Waals surface area contributed by atoms with Crippen LogP contribution in [0.4, 0.5) is 0 Å². The van der Waals surface area contributed by atoms with E-state index in [0.717, 1.165) is 38.5 Å². The van der Waals surface area contributed by atoms with Crippen molar-refractivity contribution in [2.75, 3.05) is 0 Å². The average Bonchev–Trinajstić information content (AvgIpc) is 3.15. The van der Waals surface area contributed by atoms with Gasteiger partial charge in [-0.25, -0.2) is 0 Å². The summed E-state index contributed by atoms with van der Waals surface area (Å²) in [5.74, 6) is 0. The van der Waals surface area contributed by atoms with Gasteiger partial charge in [-0.3, -0.25) is 0 Å². The Labute approximate surface area is 351 Å². The van der Waals surface area contributed by atoms with Gasteiger partial charge in [-0.1, -0.05) is 124 Å². The summed E-state index contributed by atoms with van der Waals surface area (Å²) in [6.07, 6.45) is 6.46. The topological polar surface area (TPSA) is 6.48 Å². The number of hydrogen-bond donors (Lipinski definition) is 0. The molecule has 0 fully saturated rings. The van der Waals surface area contributed by atoms with Crippen molar-refractivity contribution in [2.24, 2.45) is 0 Å². The largest absolute Gasteiger partial charge is 0.342 e. The number of thioether (sulfide) groups is 1. The first-order chi connectivity index (χ1) is 24.0. The van der Waals surface area contributed by atoms with Crippen LogP contribution in [0.5, 0.6) is 0 Å². The summed E-state index contributed by atoms with van der Waals surface area (Å²) in [6, 6.07) is 15.5. The first kappa shape index (κ1) is 53.7. The fourth-order valence-corrected chi connectivity index (χ4v) is 59.9. The number of hydrogen-bond acceptors (Lipinski definition) is 3. The van der Waals surface area contributed by atoms with E-state index >= 15 is 0 Å². The second kappa shape index (κ2) is 24.6. The van der Waals surface area contributed by atoms with E-state index in [9.17, 15) is 0 Å². The Hall–Kier alpha value is 2.73. The van der Waals surface area contributed by atoms with E-state index in [4.69, 9.17) is 44.3 Å². The second-order valence-corrected chi connectivity index (χ2v) is 53.2. The van der Waals surface area contributed by atoms with Crippen molar-refractivity contribution < 1.29 is 0 Å². The predicted molar refractivity (Wildman–Crippen MR) is 261 cm³/mol. The van der Waals surface area contributed by atoms with Crippen LogP contribution < -0.4 is 0 Å². The molecule has 0 aliphatic heterocycles. The van der Waals surface area contributed by atoms with Crippen molar-refractivity contribution in [3.8, 4) is 0 Å². The van der Waals surface area contributed by atoms with Gasteiger partial charge >= 0.3 is 0 Å². The molecule has 0 heterocycles. The lowest BCUT2D eigenvalue weighted by Gasteiger charge is -2.59. The Kier molecular flexibility index (Phi) is 25.9. The molecular formula is C38H88Cl4N2SSi6. The molecule has 0 radical (unpaired) electrons. The van der Waals surface area contributed by atoms with Crippen LogP contribution >= 0.6 is 56.1 Å². The normalized spacial score (nSPS) is 16.6. The molecule has 0 aromatic carbocycles. The molecule has 0 N–H and O–H groups in total. The highest BCUT2D eigenvalue weighted by molar-refractivity contribution is 8.06. The average molecular weight is 916 g/mol. The Bertz CT molecular complexity index is 791.